The Morgan fingerprint density at radius 1 is 0.960 bits per heavy atom. The second-order valence-corrected chi connectivity index (χ2v) is 6.41. The number of aryl methyl sites for hydroxylation is 1. The van der Waals surface area contributed by atoms with Gasteiger partial charge in [0, 0.05) is 49.8 Å². The van der Waals surface area contributed by atoms with Gasteiger partial charge in [-0.2, -0.15) is 0 Å². The highest BCUT2D eigenvalue weighted by Gasteiger charge is 2.24. The molecule has 1 aliphatic heterocycles. The molecule has 1 aromatic heterocycles. The fraction of sp³-hybridized carbons (Fsp3) is 0.250. The average Bonchev–Trinajstić information content (AvgIpc) is 2.98. The molecule has 0 N–H and O–H groups in total. The van der Waals surface area contributed by atoms with E-state index in [-0.39, 0.29) is 11.7 Å². The van der Waals surface area contributed by atoms with Crippen molar-refractivity contribution in [2.24, 2.45) is 7.05 Å². The van der Waals surface area contributed by atoms with Gasteiger partial charge in [-0.05, 0) is 36.4 Å². The van der Waals surface area contributed by atoms with Gasteiger partial charge in [-0.3, -0.25) is 4.79 Å². The highest BCUT2D eigenvalue weighted by Crippen LogP contribution is 2.22. The van der Waals surface area contributed by atoms with E-state index in [9.17, 15) is 9.18 Å². The Hall–Kier alpha value is -2.82. The van der Waals surface area contributed by atoms with Gasteiger partial charge in [0.05, 0.1) is 0 Å². The Bertz CT molecular complexity index is 911. The number of aromatic nitrogens is 1. The van der Waals surface area contributed by atoms with Crippen LogP contribution in [0.2, 0.25) is 0 Å². The predicted octanol–water partition coefficient (Wildman–Crippen LogP) is 3.28. The molecule has 4 rings (SSSR count). The van der Waals surface area contributed by atoms with Crippen LogP contribution in [0.15, 0.2) is 54.6 Å². The molecule has 0 unspecified atom stereocenters. The topological polar surface area (TPSA) is 28.5 Å². The quantitative estimate of drug-likeness (QED) is 0.718. The number of amides is 1. The van der Waals surface area contributed by atoms with Gasteiger partial charge in [0.15, 0.2) is 0 Å². The highest BCUT2D eigenvalue weighted by molar-refractivity contribution is 5.98. The molecule has 0 aliphatic carbocycles. The number of hydrogen-bond acceptors (Lipinski definition) is 2. The van der Waals surface area contributed by atoms with Crippen LogP contribution in [0.5, 0.6) is 0 Å². The summed E-state index contributed by atoms with van der Waals surface area (Å²) in [4.78, 5) is 17.1. The van der Waals surface area contributed by atoms with Crippen molar-refractivity contribution in [3.05, 3.63) is 66.1 Å². The van der Waals surface area contributed by atoms with Crippen molar-refractivity contribution in [3.8, 4) is 0 Å². The van der Waals surface area contributed by atoms with Crippen molar-refractivity contribution in [1.82, 2.24) is 9.47 Å². The van der Waals surface area contributed by atoms with E-state index in [1.54, 1.807) is 12.1 Å². The SMILES string of the molecule is Cn1c(C(=O)N2CCN(c3ccccc3)CC2)cc2cc(F)ccc21. The van der Waals surface area contributed by atoms with Crippen molar-refractivity contribution >= 4 is 22.5 Å². The molecule has 3 aromatic rings. The lowest BCUT2D eigenvalue weighted by Crippen LogP contribution is -2.49. The van der Waals surface area contributed by atoms with E-state index in [1.807, 2.05) is 34.7 Å². The lowest BCUT2D eigenvalue weighted by molar-refractivity contribution is 0.0737. The van der Waals surface area contributed by atoms with Crippen LogP contribution in [-0.2, 0) is 7.05 Å². The second kappa shape index (κ2) is 6.24. The van der Waals surface area contributed by atoms with Crippen LogP contribution in [0, 0.1) is 5.82 Å². The third-order valence-corrected chi connectivity index (χ3v) is 4.91. The van der Waals surface area contributed by atoms with Gasteiger partial charge >= 0.3 is 0 Å². The number of piperazine rings is 1. The number of nitrogens with zero attached hydrogens (tertiary/aromatic N) is 3. The predicted molar refractivity (Wildman–Crippen MR) is 97.4 cm³/mol. The summed E-state index contributed by atoms with van der Waals surface area (Å²) >= 11 is 0. The van der Waals surface area contributed by atoms with E-state index in [0.717, 1.165) is 24.0 Å². The number of carbonyl (C=O) groups is 1. The number of carbonyl (C=O) groups excluding carboxylic acids is 1. The standard InChI is InChI=1S/C20H20FN3O/c1-22-18-8-7-16(21)13-15(18)14-19(22)20(25)24-11-9-23(10-12-24)17-5-3-2-4-6-17/h2-8,13-14H,9-12H2,1H3. The zero-order valence-corrected chi connectivity index (χ0v) is 14.2. The van der Waals surface area contributed by atoms with Gasteiger partial charge in [0.2, 0.25) is 0 Å². The molecule has 1 fully saturated rings. The summed E-state index contributed by atoms with van der Waals surface area (Å²) in [6.45, 7) is 3.00. The number of para-hydroxylation sites is 1. The number of anilines is 1. The smallest absolute Gasteiger partial charge is 0.270 e. The molecule has 5 heteroatoms. The Morgan fingerprint density at radius 3 is 2.40 bits per heavy atom. The van der Waals surface area contributed by atoms with Crippen molar-refractivity contribution in [2.75, 3.05) is 31.1 Å². The lowest BCUT2D eigenvalue weighted by Gasteiger charge is -2.36. The van der Waals surface area contributed by atoms with Gasteiger partial charge in [-0.15, -0.1) is 0 Å². The van der Waals surface area contributed by atoms with Crippen LogP contribution >= 0.6 is 0 Å². The largest absolute Gasteiger partial charge is 0.368 e. The fourth-order valence-corrected chi connectivity index (χ4v) is 3.49. The zero-order chi connectivity index (χ0) is 17.4. The number of hydrogen-bond donors (Lipinski definition) is 0. The Kier molecular flexibility index (Phi) is 3.92. The molecule has 1 aliphatic rings. The Morgan fingerprint density at radius 2 is 1.68 bits per heavy atom. The summed E-state index contributed by atoms with van der Waals surface area (Å²) < 4.78 is 15.3. The summed E-state index contributed by atoms with van der Waals surface area (Å²) in [6.07, 6.45) is 0. The van der Waals surface area contributed by atoms with E-state index in [0.29, 0.717) is 18.8 Å². The van der Waals surface area contributed by atoms with Crippen LogP contribution < -0.4 is 4.90 Å². The maximum absolute atomic E-state index is 13.4. The van der Waals surface area contributed by atoms with Gasteiger partial charge < -0.3 is 14.4 Å². The molecule has 4 nitrogen and oxygen atoms in total. The van der Waals surface area contributed by atoms with E-state index in [1.165, 1.54) is 17.8 Å². The van der Waals surface area contributed by atoms with Crippen LogP contribution in [0.4, 0.5) is 10.1 Å². The van der Waals surface area contributed by atoms with Crippen molar-refractivity contribution < 1.29 is 9.18 Å². The fourth-order valence-electron chi connectivity index (χ4n) is 3.49. The monoisotopic (exact) mass is 337 g/mol. The molecule has 0 bridgehead atoms. The molecular formula is C20H20FN3O. The minimum absolute atomic E-state index is 0.00631. The van der Waals surface area contributed by atoms with E-state index in [2.05, 4.69) is 17.0 Å². The molecule has 128 valence electrons. The van der Waals surface area contributed by atoms with Crippen LogP contribution in [0.1, 0.15) is 10.5 Å². The van der Waals surface area contributed by atoms with E-state index < -0.39 is 0 Å². The molecule has 0 saturated carbocycles. The zero-order valence-electron chi connectivity index (χ0n) is 14.2. The van der Waals surface area contributed by atoms with Crippen molar-refractivity contribution in [3.63, 3.8) is 0 Å². The molecule has 1 amide bonds. The van der Waals surface area contributed by atoms with Crippen molar-refractivity contribution in [2.45, 2.75) is 0 Å². The maximum Gasteiger partial charge on any atom is 0.270 e. The van der Waals surface area contributed by atoms with E-state index in [4.69, 9.17) is 0 Å². The first kappa shape index (κ1) is 15.7. The summed E-state index contributed by atoms with van der Waals surface area (Å²) in [6, 6.07) is 16.6. The summed E-state index contributed by atoms with van der Waals surface area (Å²) in [5, 5.41) is 0.758. The average molecular weight is 337 g/mol. The number of benzene rings is 2. The Balaban J connectivity index is 1.52. The van der Waals surface area contributed by atoms with Crippen LogP contribution in [0.3, 0.4) is 0 Å². The van der Waals surface area contributed by atoms with Crippen LogP contribution in [-0.4, -0.2) is 41.6 Å². The molecule has 25 heavy (non-hydrogen) atoms. The van der Waals surface area contributed by atoms with Gasteiger partial charge in [-0.1, -0.05) is 18.2 Å². The number of rotatable bonds is 2. The van der Waals surface area contributed by atoms with Crippen molar-refractivity contribution in [1.29, 1.82) is 0 Å². The van der Waals surface area contributed by atoms with Gasteiger partial charge in [0.1, 0.15) is 11.5 Å². The third-order valence-electron chi connectivity index (χ3n) is 4.91. The maximum atomic E-state index is 13.4. The highest BCUT2D eigenvalue weighted by atomic mass is 19.1. The molecule has 0 spiro atoms. The summed E-state index contributed by atoms with van der Waals surface area (Å²) in [5.74, 6) is -0.277. The summed E-state index contributed by atoms with van der Waals surface area (Å²) in [5.41, 5.74) is 2.66. The van der Waals surface area contributed by atoms with Gasteiger partial charge in [0.25, 0.3) is 5.91 Å². The first-order valence-corrected chi connectivity index (χ1v) is 8.48. The minimum atomic E-state index is -0.284. The molecule has 1 saturated heterocycles. The Labute approximate surface area is 146 Å². The molecule has 0 atom stereocenters. The number of halogens is 1. The van der Waals surface area contributed by atoms with Crippen LogP contribution in [0.25, 0.3) is 10.9 Å². The minimum Gasteiger partial charge on any atom is -0.368 e. The first-order valence-electron chi connectivity index (χ1n) is 8.48. The molecule has 2 heterocycles. The molecule has 2 aromatic carbocycles. The lowest BCUT2D eigenvalue weighted by atomic mass is 10.2. The second-order valence-electron chi connectivity index (χ2n) is 6.41. The van der Waals surface area contributed by atoms with Gasteiger partial charge in [-0.25, -0.2) is 4.39 Å². The number of fused-ring (bicyclic) bond motifs is 1. The molecular weight excluding hydrogens is 317 g/mol. The first-order chi connectivity index (χ1) is 12.1. The molecule has 0 radical (unpaired) electrons. The summed E-state index contributed by atoms with van der Waals surface area (Å²) in [7, 11) is 1.85. The normalized spacial score (nSPS) is 15.0. The van der Waals surface area contributed by atoms with E-state index >= 15 is 0 Å². The third kappa shape index (κ3) is 2.86.